The lowest BCUT2D eigenvalue weighted by atomic mass is 10.2. The fourth-order valence-corrected chi connectivity index (χ4v) is 1.86. The lowest BCUT2D eigenvalue weighted by Crippen LogP contribution is -2.11. The second-order valence-corrected chi connectivity index (χ2v) is 4.67. The van der Waals surface area contributed by atoms with Gasteiger partial charge in [0.2, 0.25) is 11.8 Å². The van der Waals surface area contributed by atoms with Crippen molar-refractivity contribution in [3.05, 3.63) is 52.1 Å². The summed E-state index contributed by atoms with van der Waals surface area (Å²) in [7, 11) is 0. The number of ether oxygens (including phenoxy) is 1. The van der Waals surface area contributed by atoms with Crippen molar-refractivity contribution in [1.82, 2.24) is 4.98 Å². The van der Waals surface area contributed by atoms with Gasteiger partial charge in [-0.3, -0.25) is 4.79 Å². The molecular weight excluding hydrogens is 296 g/mol. The lowest BCUT2D eigenvalue weighted by molar-refractivity contribution is 0.0999. The minimum Gasteiger partial charge on any atom is -0.439 e. The molecule has 0 spiro atoms. The van der Waals surface area contributed by atoms with Crippen LogP contribution in [0.2, 0.25) is 0 Å². The molecule has 0 aliphatic heterocycles. The summed E-state index contributed by atoms with van der Waals surface area (Å²) in [4.78, 5) is 15.3. The van der Waals surface area contributed by atoms with E-state index in [0.29, 0.717) is 22.9 Å². The van der Waals surface area contributed by atoms with E-state index in [2.05, 4.69) is 20.9 Å². The number of hydrogen-bond donors (Lipinski definition) is 1. The highest BCUT2D eigenvalue weighted by atomic mass is 79.9. The summed E-state index contributed by atoms with van der Waals surface area (Å²) in [6.45, 7) is 1.78. The van der Waals surface area contributed by atoms with Gasteiger partial charge in [0, 0.05) is 21.8 Å². The minimum atomic E-state index is -0.500. The van der Waals surface area contributed by atoms with E-state index < -0.39 is 5.91 Å². The molecule has 2 N–H and O–H groups in total. The molecule has 18 heavy (non-hydrogen) atoms. The number of hydrogen-bond acceptors (Lipinski definition) is 3. The highest BCUT2D eigenvalue weighted by Crippen LogP contribution is 2.23. The molecular formula is C13H11BrN2O2. The predicted molar refractivity (Wildman–Crippen MR) is 71.7 cm³/mol. The number of nitrogens with two attached hydrogens (primary N) is 1. The number of benzene rings is 1. The molecule has 2 aromatic rings. The Hall–Kier alpha value is -1.88. The van der Waals surface area contributed by atoms with Crippen LogP contribution in [0, 0.1) is 6.92 Å². The summed E-state index contributed by atoms with van der Waals surface area (Å²) in [5.74, 6) is 0.486. The molecule has 1 aromatic heterocycles. The second kappa shape index (κ2) is 5.18. The number of primary amides is 1. The fraction of sp³-hybridized carbons (Fsp3) is 0.0769. The Kier molecular flexibility index (Phi) is 3.62. The Balaban J connectivity index is 2.31. The minimum absolute atomic E-state index is 0.349. The van der Waals surface area contributed by atoms with Crippen molar-refractivity contribution in [1.29, 1.82) is 0 Å². The topological polar surface area (TPSA) is 65.2 Å². The van der Waals surface area contributed by atoms with Gasteiger partial charge in [0.05, 0.1) is 0 Å². The van der Waals surface area contributed by atoms with Crippen molar-refractivity contribution in [2.75, 3.05) is 0 Å². The summed E-state index contributed by atoms with van der Waals surface area (Å²) in [6, 6.07) is 10.5. The van der Waals surface area contributed by atoms with Gasteiger partial charge in [0.25, 0.3) is 0 Å². The number of pyridine rings is 1. The second-order valence-electron chi connectivity index (χ2n) is 3.76. The predicted octanol–water partition coefficient (Wildman–Crippen LogP) is 3.04. The molecule has 1 aromatic carbocycles. The number of carbonyl (C=O) groups is 1. The molecule has 0 fully saturated rings. The highest BCUT2D eigenvalue weighted by molar-refractivity contribution is 9.10. The monoisotopic (exact) mass is 306 g/mol. The van der Waals surface area contributed by atoms with Crippen LogP contribution < -0.4 is 10.5 Å². The summed E-state index contributed by atoms with van der Waals surface area (Å²) < 4.78 is 6.49. The third-order valence-corrected chi connectivity index (χ3v) is 2.73. The van der Waals surface area contributed by atoms with Crippen molar-refractivity contribution < 1.29 is 9.53 Å². The molecule has 0 radical (unpaired) electrons. The lowest BCUT2D eigenvalue weighted by Gasteiger charge is -2.07. The van der Waals surface area contributed by atoms with Gasteiger partial charge >= 0.3 is 0 Å². The van der Waals surface area contributed by atoms with Crippen molar-refractivity contribution in [3.63, 3.8) is 0 Å². The average Bonchev–Trinajstić information content (AvgIpc) is 2.28. The van der Waals surface area contributed by atoms with Crippen molar-refractivity contribution in [2.45, 2.75) is 6.92 Å². The molecule has 0 saturated carbocycles. The molecule has 92 valence electrons. The number of nitrogens with zero attached hydrogens (tertiary/aromatic N) is 1. The number of amides is 1. The largest absolute Gasteiger partial charge is 0.439 e. The molecule has 0 unspecified atom stereocenters. The fourth-order valence-electron chi connectivity index (χ4n) is 1.48. The molecule has 4 nitrogen and oxygen atoms in total. The van der Waals surface area contributed by atoms with E-state index in [1.165, 1.54) is 6.07 Å². The summed E-state index contributed by atoms with van der Waals surface area (Å²) >= 11 is 3.35. The Labute approximate surface area is 113 Å². The Morgan fingerprint density at radius 2 is 2.11 bits per heavy atom. The zero-order valence-electron chi connectivity index (χ0n) is 9.68. The van der Waals surface area contributed by atoms with Crippen LogP contribution in [0.25, 0.3) is 0 Å². The van der Waals surface area contributed by atoms with Crippen LogP contribution >= 0.6 is 15.9 Å². The van der Waals surface area contributed by atoms with Crippen LogP contribution in [0.3, 0.4) is 0 Å². The standard InChI is InChI=1S/C13H11BrN2O2/c1-8-5-9(13(15)17)6-12(16-8)18-11-4-2-3-10(14)7-11/h2-7H,1H3,(H2,15,17). The van der Waals surface area contributed by atoms with E-state index in [1.807, 2.05) is 18.2 Å². The van der Waals surface area contributed by atoms with Gasteiger partial charge in [0.15, 0.2) is 0 Å². The summed E-state index contributed by atoms with van der Waals surface area (Å²) in [5.41, 5.74) is 6.30. The average molecular weight is 307 g/mol. The molecule has 0 bridgehead atoms. The normalized spacial score (nSPS) is 10.1. The molecule has 0 atom stereocenters. The van der Waals surface area contributed by atoms with E-state index in [1.54, 1.807) is 19.1 Å². The quantitative estimate of drug-likeness (QED) is 0.948. The van der Waals surface area contributed by atoms with Gasteiger partial charge < -0.3 is 10.5 Å². The third kappa shape index (κ3) is 3.07. The van der Waals surface area contributed by atoms with E-state index in [9.17, 15) is 4.79 Å². The summed E-state index contributed by atoms with van der Waals surface area (Å²) in [5, 5.41) is 0. The number of rotatable bonds is 3. The molecule has 5 heteroatoms. The van der Waals surface area contributed by atoms with Crippen LogP contribution in [0.1, 0.15) is 16.1 Å². The highest BCUT2D eigenvalue weighted by Gasteiger charge is 2.06. The van der Waals surface area contributed by atoms with Gasteiger partial charge in [-0.2, -0.15) is 0 Å². The first-order valence-electron chi connectivity index (χ1n) is 5.26. The first-order valence-corrected chi connectivity index (χ1v) is 6.06. The van der Waals surface area contributed by atoms with Crippen LogP contribution in [0.4, 0.5) is 0 Å². The van der Waals surface area contributed by atoms with Gasteiger partial charge in [-0.1, -0.05) is 22.0 Å². The molecule has 0 aliphatic carbocycles. The third-order valence-electron chi connectivity index (χ3n) is 2.23. The first kappa shape index (κ1) is 12.6. The zero-order valence-corrected chi connectivity index (χ0v) is 11.3. The summed E-state index contributed by atoms with van der Waals surface area (Å²) in [6.07, 6.45) is 0. The van der Waals surface area contributed by atoms with E-state index in [0.717, 1.165) is 4.47 Å². The van der Waals surface area contributed by atoms with Gasteiger partial charge in [-0.15, -0.1) is 0 Å². The van der Waals surface area contributed by atoms with Crippen LogP contribution in [-0.4, -0.2) is 10.9 Å². The Morgan fingerprint density at radius 3 is 2.78 bits per heavy atom. The number of halogens is 1. The molecule has 0 aliphatic rings. The number of carbonyl (C=O) groups excluding carboxylic acids is 1. The van der Waals surface area contributed by atoms with Crippen LogP contribution in [0.5, 0.6) is 11.6 Å². The van der Waals surface area contributed by atoms with Gasteiger partial charge in [-0.05, 0) is 31.2 Å². The van der Waals surface area contributed by atoms with Crippen molar-refractivity contribution in [2.24, 2.45) is 5.73 Å². The van der Waals surface area contributed by atoms with Crippen LogP contribution in [0.15, 0.2) is 40.9 Å². The Bertz CT molecular complexity index is 599. The molecule has 0 saturated heterocycles. The molecule has 1 amide bonds. The number of aryl methyl sites for hydroxylation is 1. The van der Waals surface area contributed by atoms with Crippen molar-refractivity contribution in [3.8, 4) is 11.6 Å². The van der Waals surface area contributed by atoms with Crippen LogP contribution in [-0.2, 0) is 0 Å². The smallest absolute Gasteiger partial charge is 0.248 e. The van der Waals surface area contributed by atoms with E-state index in [4.69, 9.17) is 10.5 Å². The zero-order chi connectivity index (χ0) is 13.1. The van der Waals surface area contributed by atoms with Gasteiger partial charge in [-0.25, -0.2) is 4.98 Å². The first-order chi connectivity index (χ1) is 8.54. The maximum absolute atomic E-state index is 11.1. The van der Waals surface area contributed by atoms with Crippen molar-refractivity contribution >= 4 is 21.8 Å². The van der Waals surface area contributed by atoms with E-state index in [-0.39, 0.29) is 0 Å². The maximum atomic E-state index is 11.1. The van der Waals surface area contributed by atoms with E-state index >= 15 is 0 Å². The number of aromatic nitrogens is 1. The molecule has 1 heterocycles. The SMILES string of the molecule is Cc1cc(C(N)=O)cc(Oc2cccc(Br)c2)n1. The maximum Gasteiger partial charge on any atom is 0.248 e. The molecule has 2 rings (SSSR count). The van der Waals surface area contributed by atoms with Gasteiger partial charge in [0.1, 0.15) is 5.75 Å². The Morgan fingerprint density at radius 1 is 1.33 bits per heavy atom.